The van der Waals surface area contributed by atoms with Crippen molar-refractivity contribution in [1.82, 2.24) is 10.3 Å². The molecular weight excluding hydrogens is 367 g/mol. The van der Waals surface area contributed by atoms with Crippen molar-refractivity contribution < 1.29 is 24.8 Å². The molecule has 1 aliphatic carbocycles. The average Bonchev–Trinajstić information content (AvgIpc) is 2.59. The van der Waals surface area contributed by atoms with Gasteiger partial charge in [0.25, 0.3) is 7.72 Å². The van der Waals surface area contributed by atoms with Crippen LogP contribution in [0, 0.1) is 0 Å². The number of hydrogen-bond donors (Lipinski definition) is 5. The van der Waals surface area contributed by atoms with Crippen LogP contribution < -0.4 is 5.32 Å². The Balaban J connectivity index is 1.97. The van der Waals surface area contributed by atoms with Crippen LogP contribution in [0.1, 0.15) is 56.3 Å². The summed E-state index contributed by atoms with van der Waals surface area (Å²) in [5.41, 5.74) is 2.59. The second kappa shape index (κ2) is 10.2. The Morgan fingerprint density at radius 2 is 2.26 bits per heavy atom. The molecule has 1 aromatic rings. The second-order valence-corrected chi connectivity index (χ2v) is 9.48. The normalized spacial score (nSPS) is 20.6. The fourth-order valence-electron chi connectivity index (χ4n) is 3.48. The highest BCUT2D eigenvalue weighted by Crippen LogP contribution is 2.54. The van der Waals surface area contributed by atoms with E-state index in [1.165, 1.54) is 0 Å². The number of aromatic nitrogens is 1. The molecule has 1 saturated carbocycles. The number of hydrogen-bond acceptors (Lipinski definition) is 6. The summed E-state index contributed by atoms with van der Waals surface area (Å²) in [5, 5.41) is 21.4. The minimum atomic E-state index is -3.08. The molecule has 27 heavy (non-hydrogen) atoms. The third kappa shape index (κ3) is 7.64. The Bertz CT molecular complexity index is 665. The molecule has 2 rings (SSSR count). The van der Waals surface area contributed by atoms with E-state index >= 15 is 0 Å². The summed E-state index contributed by atoms with van der Waals surface area (Å²) in [5.74, 6) is 0.738. The van der Waals surface area contributed by atoms with Gasteiger partial charge in [-0.15, -0.1) is 0 Å². The maximum atomic E-state index is 10.9. The second-order valence-electron chi connectivity index (χ2n) is 7.21. The van der Waals surface area contributed by atoms with Crippen LogP contribution in [0.2, 0.25) is 0 Å². The van der Waals surface area contributed by atoms with Gasteiger partial charge in [0.05, 0.1) is 12.1 Å². The molecule has 2 atom stereocenters. The molecule has 5 N–H and O–H groups in total. The summed E-state index contributed by atoms with van der Waals surface area (Å²) in [4.78, 5) is 35.3. The summed E-state index contributed by atoms with van der Waals surface area (Å²) in [6.45, 7) is 2.00. The number of aliphatic hydroxyl groups is 1. The molecule has 0 aliphatic heterocycles. The van der Waals surface area contributed by atoms with Crippen molar-refractivity contribution in [2.24, 2.45) is 0 Å². The van der Waals surface area contributed by atoms with Gasteiger partial charge in [-0.25, -0.2) is 9.79 Å². The van der Waals surface area contributed by atoms with Crippen molar-refractivity contribution in [2.45, 2.75) is 57.5 Å². The first-order chi connectivity index (χ1) is 12.8. The lowest BCUT2D eigenvalue weighted by Crippen LogP contribution is -2.34. The van der Waals surface area contributed by atoms with Crippen LogP contribution in [0.5, 0.6) is 0 Å². The monoisotopic (exact) mass is 397 g/mol. The smallest absolute Gasteiger partial charge is 0.309 e. The lowest BCUT2D eigenvalue weighted by Gasteiger charge is -2.28. The molecule has 0 amide bonds. The standard InChI is InChI=1S/C19H29N2O5P/c1-14(16-6-7-20-18(11-16)12-19(23)24)21-17-5-2-4-15(10-17)13-27(25,26)9-3-8-22/h6-7,11,13-14,17,21-22,25-26H,2-5,8-10,12H2,1H3/p+1. The van der Waals surface area contributed by atoms with Crippen molar-refractivity contribution in [3.63, 3.8) is 0 Å². The minimum Gasteiger partial charge on any atom is -0.481 e. The molecule has 0 radical (unpaired) electrons. The summed E-state index contributed by atoms with van der Waals surface area (Å²) in [7, 11) is -3.08. The van der Waals surface area contributed by atoms with E-state index in [1.807, 2.05) is 19.1 Å². The lowest BCUT2D eigenvalue weighted by molar-refractivity contribution is -0.136. The van der Waals surface area contributed by atoms with E-state index in [9.17, 15) is 14.6 Å². The number of nitrogens with one attached hydrogen (secondary N) is 1. The Kier molecular flexibility index (Phi) is 8.32. The van der Waals surface area contributed by atoms with Gasteiger partial charge in [0.15, 0.2) is 0 Å². The maximum Gasteiger partial charge on any atom is 0.309 e. The molecule has 7 nitrogen and oxygen atoms in total. The van der Waals surface area contributed by atoms with Crippen molar-refractivity contribution in [2.75, 3.05) is 12.8 Å². The highest BCUT2D eigenvalue weighted by molar-refractivity contribution is 7.67. The van der Waals surface area contributed by atoms with E-state index in [-0.39, 0.29) is 31.3 Å². The number of carboxylic acid groups (broad SMARTS) is 1. The van der Waals surface area contributed by atoms with Gasteiger partial charge in [0, 0.05) is 31.3 Å². The lowest BCUT2D eigenvalue weighted by atomic mass is 9.91. The average molecular weight is 397 g/mol. The van der Waals surface area contributed by atoms with Gasteiger partial charge >= 0.3 is 5.97 Å². The third-order valence-corrected chi connectivity index (χ3v) is 6.51. The summed E-state index contributed by atoms with van der Waals surface area (Å²) >= 11 is 0. The van der Waals surface area contributed by atoms with Gasteiger partial charge in [-0.2, -0.15) is 0 Å². The van der Waals surface area contributed by atoms with Crippen LogP contribution in [-0.4, -0.2) is 49.8 Å². The third-order valence-electron chi connectivity index (χ3n) is 4.75. The number of aliphatic carboxylic acids is 1. The van der Waals surface area contributed by atoms with E-state index in [4.69, 9.17) is 10.2 Å². The molecular formula is C19H30N2O5P+. The SMILES string of the molecule is CC(NC1CCCC(=C[P+](O)(O)CCCO)C1)c1ccnc(CC(=O)O)c1. The van der Waals surface area contributed by atoms with Crippen LogP contribution >= 0.6 is 7.72 Å². The van der Waals surface area contributed by atoms with Crippen LogP contribution in [0.4, 0.5) is 0 Å². The highest BCUT2D eigenvalue weighted by Gasteiger charge is 2.32. The Hall–Kier alpha value is -1.37. The molecule has 8 heteroatoms. The first kappa shape index (κ1) is 21.9. The molecule has 1 fully saturated rings. The zero-order valence-corrected chi connectivity index (χ0v) is 16.6. The van der Waals surface area contributed by atoms with E-state index in [0.29, 0.717) is 12.1 Å². The van der Waals surface area contributed by atoms with Crippen LogP contribution in [-0.2, 0) is 11.2 Å². The van der Waals surface area contributed by atoms with Gasteiger partial charge in [-0.3, -0.25) is 9.78 Å². The molecule has 1 aliphatic rings. The van der Waals surface area contributed by atoms with Crippen molar-refractivity contribution in [3.05, 3.63) is 41.0 Å². The zero-order valence-electron chi connectivity index (χ0n) is 15.7. The topological polar surface area (TPSA) is 123 Å². The molecule has 0 bridgehead atoms. The molecule has 0 spiro atoms. The van der Waals surface area contributed by atoms with E-state index in [2.05, 4.69) is 10.3 Å². The van der Waals surface area contributed by atoms with E-state index in [0.717, 1.165) is 36.8 Å². The van der Waals surface area contributed by atoms with Gasteiger partial charge < -0.3 is 15.5 Å². The molecule has 1 heterocycles. The molecule has 2 unspecified atom stereocenters. The van der Waals surface area contributed by atoms with E-state index in [1.54, 1.807) is 12.0 Å². The van der Waals surface area contributed by atoms with Crippen molar-refractivity contribution in [1.29, 1.82) is 0 Å². The highest BCUT2D eigenvalue weighted by atomic mass is 31.2. The first-order valence-electron chi connectivity index (χ1n) is 9.36. The van der Waals surface area contributed by atoms with Crippen LogP contribution in [0.25, 0.3) is 0 Å². The zero-order chi connectivity index (χ0) is 19.9. The number of aliphatic hydroxyl groups excluding tert-OH is 1. The largest absolute Gasteiger partial charge is 0.481 e. The maximum absolute atomic E-state index is 10.9. The van der Waals surface area contributed by atoms with Gasteiger partial charge in [-0.05, 0) is 55.9 Å². The number of rotatable bonds is 9. The Labute approximate surface area is 160 Å². The number of pyridine rings is 1. The Morgan fingerprint density at radius 1 is 1.48 bits per heavy atom. The fraction of sp³-hybridized carbons (Fsp3) is 0.579. The van der Waals surface area contributed by atoms with Gasteiger partial charge in [0.1, 0.15) is 12.0 Å². The minimum absolute atomic E-state index is 0.0382. The Morgan fingerprint density at radius 3 is 2.96 bits per heavy atom. The number of carboxylic acids is 1. The molecule has 0 aromatic carbocycles. The summed E-state index contributed by atoms with van der Waals surface area (Å²) in [6.07, 6.45) is 5.78. The number of carbonyl (C=O) groups is 1. The van der Waals surface area contributed by atoms with Crippen LogP contribution in [0.3, 0.4) is 0 Å². The number of nitrogens with zero attached hydrogens (tertiary/aromatic N) is 1. The quantitative estimate of drug-likeness (QED) is 0.406. The first-order valence-corrected chi connectivity index (χ1v) is 11.3. The predicted molar refractivity (Wildman–Crippen MR) is 105 cm³/mol. The molecule has 0 saturated heterocycles. The van der Waals surface area contributed by atoms with Crippen molar-refractivity contribution >= 4 is 13.7 Å². The fourth-order valence-corrected chi connectivity index (χ4v) is 5.04. The van der Waals surface area contributed by atoms with Gasteiger partial charge in [0.2, 0.25) is 0 Å². The van der Waals surface area contributed by atoms with E-state index < -0.39 is 13.7 Å². The van der Waals surface area contributed by atoms with Crippen LogP contribution in [0.15, 0.2) is 29.7 Å². The summed E-state index contributed by atoms with van der Waals surface area (Å²) in [6, 6.07) is 3.98. The molecule has 150 valence electrons. The molecule has 1 aromatic heterocycles. The summed E-state index contributed by atoms with van der Waals surface area (Å²) < 4.78 is 0. The predicted octanol–water partition coefficient (Wildman–Crippen LogP) is 2.40. The van der Waals surface area contributed by atoms with Gasteiger partial charge in [-0.1, -0.05) is 0 Å². The van der Waals surface area contributed by atoms with Crippen molar-refractivity contribution in [3.8, 4) is 0 Å².